The van der Waals surface area contributed by atoms with E-state index in [1.54, 1.807) is 0 Å². The number of hydrogen-bond donors (Lipinski definition) is 0. The molecule has 2 aliphatic carbocycles. The van der Waals surface area contributed by atoms with Crippen LogP contribution in [0.4, 0.5) is 0 Å². The number of carbonyl (C=O) groups is 1. The van der Waals surface area contributed by atoms with Crippen molar-refractivity contribution in [3.05, 3.63) is 35.9 Å². The van der Waals surface area contributed by atoms with Gasteiger partial charge in [-0.25, -0.2) is 0 Å². The lowest BCUT2D eigenvalue weighted by atomic mass is 9.85. The average Bonchev–Trinajstić information content (AvgIpc) is 3.00. The fourth-order valence-electron chi connectivity index (χ4n) is 4.41. The Morgan fingerprint density at radius 3 is 2.83 bits per heavy atom. The van der Waals surface area contributed by atoms with Crippen LogP contribution in [0.2, 0.25) is 0 Å². The van der Waals surface area contributed by atoms with Crippen molar-refractivity contribution in [2.45, 2.75) is 38.3 Å². The number of likely N-dealkylation sites (tertiary alicyclic amines) is 1. The van der Waals surface area contributed by atoms with Gasteiger partial charge in [-0.1, -0.05) is 30.3 Å². The van der Waals surface area contributed by atoms with E-state index < -0.39 is 0 Å². The summed E-state index contributed by atoms with van der Waals surface area (Å²) in [5.74, 6) is 1.30. The van der Waals surface area contributed by atoms with Gasteiger partial charge in [0.2, 0.25) is 0 Å². The number of ketones is 1. The Morgan fingerprint density at radius 2 is 2.06 bits per heavy atom. The summed E-state index contributed by atoms with van der Waals surface area (Å²) in [7, 11) is 0. The van der Waals surface area contributed by atoms with Gasteiger partial charge < -0.3 is 0 Å². The first-order chi connectivity index (χ1) is 8.80. The Bertz CT molecular complexity index is 483. The molecule has 1 saturated heterocycles. The molecule has 2 saturated carbocycles. The van der Waals surface area contributed by atoms with Crippen LogP contribution in [0.15, 0.2) is 30.3 Å². The van der Waals surface area contributed by atoms with Gasteiger partial charge in [0.1, 0.15) is 5.78 Å². The summed E-state index contributed by atoms with van der Waals surface area (Å²) in [6.45, 7) is 1.99. The lowest BCUT2D eigenvalue weighted by Gasteiger charge is -2.39. The van der Waals surface area contributed by atoms with Crippen LogP contribution < -0.4 is 0 Å². The highest BCUT2D eigenvalue weighted by Gasteiger charge is 2.69. The molecule has 1 aromatic rings. The van der Waals surface area contributed by atoms with Crippen LogP contribution >= 0.6 is 0 Å². The minimum absolute atomic E-state index is 0.104. The summed E-state index contributed by atoms with van der Waals surface area (Å²) in [6.07, 6.45) is 4.48. The third kappa shape index (κ3) is 1.36. The Labute approximate surface area is 108 Å². The predicted octanol–water partition coefficient (Wildman–Crippen LogP) is 2.63. The molecule has 18 heavy (non-hydrogen) atoms. The van der Waals surface area contributed by atoms with E-state index in [2.05, 4.69) is 35.2 Å². The van der Waals surface area contributed by atoms with E-state index in [9.17, 15) is 4.79 Å². The summed E-state index contributed by atoms with van der Waals surface area (Å²) in [6, 6.07) is 11.2. The van der Waals surface area contributed by atoms with E-state index in [0.29, 0.717) is 11.8 Å². The van der Waals surface area contributed by atoms with Crippen LogP contribution in [-0.2, 0) is 11.3 Å². The summed E-state index contributed by atoms with van der Waals surface area (Å²) in [5, 5.41) is 0. The van der Waals surface area contributed by atoms with Crippen molar-refractivity contribution in [2.75, 3.05) is 6.54 Å². The Hall–Kier alpha value is -1.15. The Balaban J connectivity index is 1.58. The Kier molecular flexibility index (Phi) is 2.19. The van der Waals surface area contributed by atoms with Gasteiger partial charge in [-0.2, -0.15) is 0 Å². The van der Waals surface area contributed by atoms with Crippen LogP contribution in [0.3, 0.4) is 0 Å². The number of rotatable bonds is 2. The fourth-order valence-corrected chi connectivity index (χ4v) is 4.41. The highest BCUT2D eigenvalue weighted by atomic mass is 16.1. The largest absolute Gasteiger partial charge is 0.299 e. The minimum atomic E-state index is 0.104. The smallest absolute Gasteiger partial charge is 0.142 e. The highest BCUT2D eigenvalue weighted by molar-refractivity contribution is 5.90. The lowest BCUT2D eigenvalue weighted by molar-refractivity contribution is -0.131. The van der Waals surface area contributed by atoms with Gasteiger partial charge in [-0.05, 0) is 30.7 Å². The van der Waals surface area contributed by atoms with Crippen molar-refractivity contribution < 1.29 is 4.79 Å². The van der Waals surface area contributed by atoms with Crippen molar-refractivity contribution in [2.24, 2.45) is 11.3 Å². The zero-order valence-corrected chi connectivity index (χ0v) is 10.6. The molecule has 2 nitrogen and oxygen atoms in total. The number of Topliss-reactive ketones (excluding diaryl/α,β-unsaturated/α-hetero) is 1. The van der Waals surface area contributed by atoms with Crippen LogP contribution in [0.5, 0.6) is 0 Å². The lowest BCUT2D eigenvalue weighted by Crippen LogP contribution is -2.49. The second kappa shape index (κ2) is 3.67. The molecule has 3 aliphatic rings. The monoisotopic (exact) mass is 241 g/mol. The third-order valence-corrected chi connectivity index (χ3v) is 5.35. The molecule has 1 heterocycles. The molecule has 2 heteroatoms. The maximum absolute atomic E-state index is 12.2. The van der Waals surface area contributed by atoms with Gasteiger partial charge in [0.05, 0.1) is 0 Å². The number of nitrogens with zero attached hydrogens (tertiary/aromatic N) is 1. The molecular formula is C16H19NO. The van der Waals surface area contributed by atoms with Gasteiger partial charge in [-0.3, -0.25) is 9.69 Å². The molecule has 3 atom stereocenters. The number of hydrogen-bond acceptors (Lipinski definition) is 2. The first-order valence-electron chi connectivity index (χ1n) is 7.12. The van der Waals surface area contributed by atoms with E-state index in [-0.39, 0.29) is 5.41 Å². The Morgan fingerprint density at radius 1 is 1.22 bits per heavy atom. The van der Waals surface area contributed by atoms with E-state index in [1.165, 1.54) is 24.8 Å². The SMILES string of the molecule is O=C1CCN(Cc2ccccc2)[C@H]2CC[C@@H]3C[C@@]132. The van der Waals surface area contributed by atoms with Crippen molar-refractivity contribution in [3.63, 3.8) is 0 Å². The normalized spacial score (nSPS) is 38.3. The fraction of sp³-hybridized carbons (Fsp3) is 0.562. The molecule has 0 aromatic heterocycles. The second-order valence-corrected chi connectivity index (χ2v) is 6.16. The van der Waals surface area contributed by atoms with Gasteiger partial charge in [0.25, 0.3) is 0 Å². The molecule has 1 aromatic carbocycles. The molecule has 94 valence electrons. The maximum Gasteiger partial charge on any atom is 0.142 e. The topological polar surface area (TPSA) is 20.3 Å². The molecule has 1 spiro atoms. The molecule has 3 fully saturated rings. The van der Waals surface area contributed by atoms with E-state index in [4.69, 9.17) is 0 Å². The molecular weight excluding hydrogens is 222 g/mol. The summed E-state index contributed by atoms with van der Waals surface area (Å²) < 4.78 is 0. The second-order valence-electron chi connectivity index (χ2n) is 6.16. The number of piperidine rings is 1. The number of carbonyl (C=O) groups excluding carboxylic acids is 1. The zero-order chi connectivity index (χ0) is 12.2. The highest BCUT2D eigenvalue weighted by Crippen LogP contribution is 2.67. The van der Waals surface area contributed by atoms with Gasteiger partial charge >= 0.3 is 0 Å². The van der Waals surface area contributed by atoms with Gasteiger partial charge in [0, 0.05) is 31.0 Å². The van der Waals surface area contributed by atoms with E-state index in [0.717, 1.165) is 25.4 Å². The van der Waals surface area contributed by atoms with Crippen LogP contribution in [-0.4, -0.2) is 23.3 Å². The van der Waals surface area contributed by atoms with Crippen molar-refractivity contribution in [3.8, 4) is 0 Å². The van der Waals surface area contributed by atoms with Gasteiger partial charge in [0.15, 0.2) is 0 Å². The van der Waals surface area contributed by atoms with Crippen LogP contribution in [0, 0.1) is 11.3 Å². The first kappa shape index (κ1) is 10.7. The third-order valence-electron chi connectivity index (χ3n) is 5.35. The summed E-state index contributed by atoms with van der Waals surface area (Å²) >= 11 is 0. The van der Waals surface area contributed by atoms with E-state index in [1.807, 2.05) is 0 Å². The number of benzene rings is 1. The van der Waals surface area contributed by atoms with Crippen molar-refractivity contribution >= 4 is 5.78 Å². The molecule has 1 aliphatic heterocycles. The van der Waals surface area contributed by atoms with Crippen LogP contribution in [0.25, 0.3) is 0 Å². The molecule has 0 N–H and O–H groups in total. The standard InChI is InChI=1S/C16H19NO/c18-15-8-9-17(11-12-4-2-1-3-5-12)14-7-6-13-10-16(13,14)15/h1-5,13-14H,6-11H2/t13-,14+,16-/m1/s1. The maximum atomic E-state index is 12.2. The average molecular weight is 241 g/mol. The molecule has 0 unspecified atom stereocenters. The van der Waals surface area contributed by atoms with E-state index >= 15 is 0 Å². The van der Waals surface area contributed by atoms with Crippen molar-refractivity contribution in [1.29, 1.82) is 0 Å². The zero-order valence-electron chi connectivity index (χ0n) is 10.6. The van der Waals surface area contributed by atoms with Crippen LogP contribution in [0.1, 0.15) is 31.2 Å². The molecule has 0 amide bonds. The quantitative estimate of drug-likeness (QED) is 0.793. The molecule has 4 rings (SSSR count). The van der Waals surface area contributed by atoms with Gasteiger partial charge in [-0.15, -0.1) is 0 Å². The molecule has 0 bridgehead atoms. The minimum Gasteiger partial charge on any atom is -0.299 e. The van der Waals surface area contributed by atoms with Crippen molar-refractivity contribution in [1.82, 2.24) is 4.90 Å². The predicted molar refractivity (Wildman–Crippen MR) is 70.0 cm³/mol. The molecule has 0 radical (unpaired) electrons. The summed E-state index contributed by atoms with van der Waals surface area (Å²) in [4.78, 5) is 14.8. The summed E-state index contributed by atoms with van der Waals surface area (Å²) in [5.41, 5.74) is 1.48. The first-order valence-corrected chi connectivity index (χ1v) is 7.12.